The van der Waals surface area contributed by atoms with Crippen LogP contribution in [0.15, 0.2) is 24.3 Å². The van der Waals surface area contributed by atoms with Gasteiger partial charge in [-0.2, -0.15) is 0 Å². The van der Waals surface area contributed by atoms with E-state index in [2.05, 4.69) is 0 Å². The van der Waals surface area contributed by atoms with Crippen LogP contribution in [0.25, 0.3) is 0 Å². The van der Waals surface area contributed by atoms with Crippen LogP contribution < -0.4 is 0 Å². The summed E-state index contributed by atoms with van der Waals surface area (Å²) in [4.78, 5) is 10.6. The lowest BCUT2D eigenvalue weighted by Crippen LogP contribution is -2.15. The molecule has 4 heteroatoms. The number of phenolic OH excluding ortho intramolecular Hbond substituents is 1. The molecule has 1 aromatic carbocycles. The molecule has 0 amide bonds. The Kier molecular flexibility index (Phi) is 2.87. The van der Waals surface area contributed by atoms with Gasteiger partial charge >= 0.3 is 5.97 Å². The molecular formula is C9H10O4. The normalized spacial score (nSPS) is 12.4. The van der Waals surface area contributed by atoms with Crippen molar-refractivity contribution in [1.82, 2.24) is 0 Å². The van der Waals surface area contributed by atoms with Crippen LogP contribution in [0, 0.1) is 0 Å². The van der Waals surface area contributed by atoms with E-state index >= 15 is 0 Å². The van der Waals surface area contributed by atoms with Crippen molar-refractivity contribution in [3.8, 4) is 5.75 Å². The van der Waals surface area contributed by atoms with Gasteiger partial charge < -0.3 is 15.3 Å². The van der Waals surface area contributed by atoms with E-state index in [0.717, 1.165) is 0 Å². The molecule has 0 spiro atoms. The van der Waals surface area contributed by atoms with E-state index < -0.39 is 18.5 Å². The highest BCUT2D eigenvalue weighted by Gasteiger charge is 2.18. The van der Waals surface area contributed by atoms with Gasteiger partial charge in [-0.15, -0.1) is 0 Å². The molecule has 0 aromatic heterocycles. The van der Waals surface area contributed by atoms with Gasteiger partial charge in [0.1, 0.15) is 11.7 Å². The third-order valence-electron chi connectivity index (χ3n) is 1.75. The van der Waals surface area contributed by atoms with E-state index in [1.54, 1.807) is 6.07 Å². The Morgan fingerprint density at radius 3 is 2.62 bits per heavy atom. The van der Waals surface area contributed by atoms with Crippen molar-refractivity contribution in [2.75, 3.05) is 6.61 Å². The third kappa shape index (κ3) is 2.19. The Labute approximate surface area is 75.1 Å². The minimum absolute atomic E-state index is 0.00259. The zero-order valence-electron chi connectivity index (χ0n) is 6.84. The Morgan fingerprint density at radius 2 is 2.15 bits per heavy atom. The lowest BCUT2D eigenvalue weighted by Gasteiger charge is -2.08. The van der Waals surface area contributed by atoms with Gasteiger partial charge in [0.05, 0.1) is 6.61 Å². The average Bonchev–Trinajstić information content (AvgIpc) is 2.04. The predicted molar refractivity (Wildman–Crippen MR) is 45.6 cm³/mol. The summed E-state index contributed by atoms with van der Waals surface area (Å²) in [5.74, 6) is -2.07. The highest BCUT2D eigenvalue weighted by molar-refractivity contribution is 5.76. The molecule has 4 nitrogen and oxygen atoms in total. The fourth-order valence-corrected chi connectivity index (χ4v) is 1.07. The maximum Gasteiger partial charge on any atom is 0.313 e. The molecule has 70 valence electrons. The quantitative estimate of drug-likeness (QED) is 0.638. The first-order valence-electron chi connectivity index (χ1n) is 3.77. The van der Waals surface area contributed by atoms with Crippen molar-refractivity contribution in [2.45, 2.75) is 5.92 Å². The average molecular weight is 182 g/mol. The number of aliphatic hydroxyl groups excluding tert-OH is 1. The number of aromatic hydroxyl groups is 1. The Bertz CT molecular complexity index is 308. The molecule has 1 aromatic rings. The lowest BCUT2D eigenvalue weighted by atomic mass is 10.0. The molecule has 0 radical (unpaired) electrons. The van der Waals surface area contributed by atoms with Crippen LogP contribution in [0.5, 0.6) is 5.75 Å². The molecule has 1 atom stereocenters. The molecule has 0 aliphatic rings. The molecule has 0 saturated carbocycles. The Balaban J connectivity index is 2.98. The van der Waals surface area contributed by atoms with Gasteiger partial charge in [-0.05, 0) is 17.7 Å². The van der Waals surface area contributed by atoms with E-state index in [1.165, 1.54) is 18.2 Å². The van der Waals surface area contributed by atoms with Crippen LogP contribution in [0.4, 0.5) is 0 Å². The van der Waals surface area contributed by atoms with Crippen LogP contribution in [0.2, 0.25) is 0 Å². The number of aliphatic carboxylic acids is 1. The summed E-state index contributed by atoms with van der Waals surface area (Å²) in [6.07, 6.45) is 0. The summed E-state index contributed by atoms with van der Waals surface area (Å²) in [7, 11) is 0. The van der Waals surface area contributed by atoms with Crippen LogP contribution in [-0.2, 0) is 4.79 Å². The second-order valence-electron chi connectivity index (χ2n) is 2.67. The maximum atomic E-state index is 10.6. The summed E-state index contributed by atoms with van der Waals surface area (Å²) >= 11 is 0. The molecule has 1 rings (SSSR count). The molecule has 13 heavy (non-hydrogen) atoms. The van der Waals surface area contributed by atoms with E-state index in [9.17, 15) is 4.79 Å². The molecule has 3 N–H and O–H groups in total. The molecule has 0 unspecified atom stereocenters. The van der Waals surface area contributed by atoms with Crippen molar-refractivity contribution in [1.29, 1.82) is 0 Å². The topological polar surface area (TPSA) is 77.8 Å². The number of aliphatic hydroxyl groups is 1. The van der Waals surface area contributed by atoms with Crippen LogP contribution in [-0.4, -0.2) is 27.9 Å². The molecule has 0 saturated heterocycles. The van der Waals surface area contributed by atoms with Gasteiger partial charge in [0.25, 0.3) is 0 Å². The number of hydrogen-bond acceptors (Lipinski definition) is 3. The van der Waals surface area contributed by atoms with E-state index in [-0.39, 0.29) is 5.75 Å². The molecular weight excluding hydrogens is 172 g/mol. The first kappa shape index (κ1) is 9.54. The van der Waals surface area contributed by atoms with Gasteiger partial charge in [0, 0.05) is 0 Å². The van der Waals surface area contributed by atoms with Gasteiger partial charge in [-0.3, -0.25) is 4.79 Å². The first-order valence-corrected chi connectivity index (χ1v) is 3.77. The molecule has 0 bridgehead atoms. The van der Waals surface area contributed by atoms with Crippen molar-refractivity contribution < 1.29 is 20.1 Å². The summed E-state index contributed by atoms with van der Waals surface area (Å²) in [5, 5.41) is 26.5. The van der Waals surface area contributed by atoms with E-state index in [4.69, 9.17) is 15.3 Å². The number of carbonyl (C=O) groups is 1. The van der Waals surface area contributed by atoms with Crippen molar-refractivity contribution >= 4 is 5.97 Å². The first-order chi connectivity index (χ1) is 6.15. The smallest absolute Gasteiger partial charge is 0.313 e. The molecule has 0 heterocycles. The number of hydrogen-bond donors (Lipinski definition) is 3. The second kappa shape index (κ2) is 3.91. The standard InChI is InChI=1S/C9H10O4/c10-5-8(9(12)13)6-2-1-3-7(11)4-6/h1-4,8,10-11H,5H2,(H,12,13)/t8-/m1/s1. The van der Waals surface area contributed by atoms with Crippen molar-refractivity contribution in [2.24, 2.45) is 0 Å². The van der Waals surface area contributed by atoms with Crippen LogP contribution >= 0.6 is 0 Å². The van der Waals surface area contributed by atoms with Gasteiger partial charge in [-0.1, -0.05) is 12.1 Å². The van der Waals surface area contributed by atoms with Gasteiger partial charge in [0.15, 0.2) is 0 Å². The largest absolute Gasteiger partial charge is 0.508 e. The van der Waals surface area contributed by atoms with E-state index in [0.29, 0.717) is 5.56 Å². The summed E-state index contributed by atoms with van der Waals surface area (Å²) < 4.78 is 0. The van der Waals surface area contributed by atoms with Crippen molar-refractivity contribution in [3.63, 3.8) is 0 Å². The van der Waals surface area contributed by atoms with Crippen LogP contribution in [0.3, 0.4) is 0 Å². The summed E-state index contributed by atoms with van der Waals surface area (Å²) in [6, 6.07) is 5.86. The minimum Gasteiger partial charge on any atom is -0.508 e. The van der Waals surface area contributed by atoms with E-state index in [1.807, 2.05) is 0 Å². The number of carboxylic acids is 1. The maximum absolute atomic E-state index is 10.6. The molecule has 0 aliphatic carbocycles. The monoisotopic (exact) mass is 182 g/mol. The highest BCUT2D eigenvalue weighted by atomic mass is 16.4. The number of phenols is 1. The summed E-state index contributed by atoms with van der Waals surface area (Å²) in [6.45, 7) is -0.473. The lowest BCUT2D eigenvalue weighted by molar-refractivity contribution is -0.139. The van der Waals surface area contributed by atoms with Crippen molar-refractivity contribution in [3.05, 3.63) is 29.8 Å². The van der Waals surface area contributed by atoms with Gasteiger partial charge in [-0.25, -0.2) is 0 Å². The van der Waals surface area contributed by atoms with Gasteiger partial charge in [0.2, 0.25) is 0 Å². The fraction of sp³-hybridized carbons (Fsp3) is 0.222. The Morgan fingerprint density at radius 1 is 1.46 bits per heavy atom. The number of carboxylic acid groups (broad SMARTS) is 1. The third-order valence-corrected chi connectivity index (χ3v) is 1.75. The zero-order chi connectivity index (χ0) is 9.84. The Hall–Kier alpha value is -1.55. The van der Waals surface area contributed by atoms with Crippen LogP contribution in [0.1, 0.15) is 11.5 Å². The zero-order valence-corrected chi connectivity index (χ0v) is 6.84. The summed E-state index contributed by atoms with van der Waals surface area (Å²) in [5.41, 5.74) is 0.398. The molecule has 0 aliphatic heterocycles. The second-order valence-corrected chi connectivity index (χ2v) is 2.67. The highest BCUT2D eigenvalue weighted by Crippen LogP contribution is 2.19. The number of rotatable bonds is 3. The number of benzene rings is 1. The minimum atomic E-state index is -1.10. The predicted octanol–water partition coefficient (Wildman–Crippen LogP) is 0.553. The fourth-order valence-electron chi connectivity index (χ4n) is 1.07. The SMILES string of the molecule is O=C(O)[C@H](CO)c1cccc(O)c1. The molecule has 0 fully saturated rings.